The number of carbonyl (C=O) groups excluding carboxylic acids is 1. The molecule has 1 amide bonds. The number of halogens is 3. The minimum absolute atomic E-state index is 0.0535. The minimum Gasteiger partial charge on any atom is -0.382 e. The average molecular weight is 345 g/mol. The zero-order valence-electron chi connectivity index (χ0n) is 12.4. The SMILES string of the molecule is CC1(C(=O)N2CCC(Nc3ccc(F)cc3)CC2)CC1(Cl)Cl. The highest BCUT2D eigenvalue weighted by molar-refractivity contribution is 6.53. The maximum Gasteiger partial charge on any atom is 0.231 e. The van der Waals surface area contributed by atoms with Crippen molar-refractivity contribution in [2.45, 2.75) is 36.6 Å². The number of likely N-dealkylation sites (tertiary alicyclic amines) is 1. The second-order valence-electron chi connectivity index (χ2n) is 6.43. The fourth-order valence-electron chi connectivity index (χ4n) is 2.99. The van der Waals surface area contributed by atoms with Gasteiger partial charge in [-0.2, -0.15) is 0 Å². The zero-order chi connectivity index (χ0) is 16.0. The van der Waals surface area contributed by atoms with Crippen molar-refractivity contribution in [1.82, 2.24) is 4.90 Å². The Morgan fingerprint density at radius 2 is 1.82 bits per heavy atom. The molecule has 1 saturated carbocycles. The molecule has 0 bridgehead atoms. The third-order valence-electron chi connectivity index (χ3n) is 4.73. The fraction of sp³-hybridized carbons (Fsp3) is 0.562. The largest absolute Gasteiger partial charge is 0.382 e. The van der Waals surface area contributed by atoms with E-state index in [0.717, 1.165) is 18.5 Å². The van der Waals surface area contributed by atoms with Gasteiger partial charge in [-0.15, -0.1) is 23.2 Å². The molecule has 2 fully saturated rings. The van der Waals surface area contributed by atoms with E-state index in [-0.39, 0.29) is 11.7 Å². The summed E-state index contributed by atoms with van der Waals surface area (Å²) >= 11 is 12.2. The van der Waals surface area contributed by atoms with Crippen LogP contribution < -0.4 is 5.32 Å². The van der Waals surface area contributed by atoms with Crippen LogP contribution in [0.3, 0.4) is 0 Å². The number of anilines is 1. The third-order valence-corrected chi connectivity index (χ3v) is 5.83. The number of hydrogen-bond donors (Lipinski definition) is 1. The third kappa shape index (κ3) is 2.91. The molecular weight excluding hydrogens is 326 g/mol. The molecule has 1 aliphatic carbocycles. The summed E-state index contributed by atoms with van der Waals surface area (Å²) in [7, 11) is 0. The molecule has 0 aromatic heterocycles. The smallest absolute Gasteiger partial charge is 0.231 e. The highest BCUT2D eigenvalue weighted by atomic mass is 35.5. The van der Waals surface area contributed by atoms with Crippen LogP contribution in [0.1, 0.15) is 26.2 Å². The first-order chi connectivity index (χ1) is 10.3. The van der Waals surface area contributed by atoms with Crippen molar-refractivity contribution in [3.63, 3.8) is 0 Å². The molecule has 1 unspecified atom stereocenters. The van der Waals surface area contributed by atoms with Crippen molar-refractivity contribution >= 4 is 34.8 Å². The van der Waals surface area contributed by atoms with Gasteiger partial charge in [0.1, 0.15) is 10.2 Å². The molecule has 1 N–H and O–H groups in total. The lowest BCUT2D eigenvalue weighted by Gasteiger charge is -2.34. The van der Waals surface area contributed by atoms with Crippen molar-refractivity contribution in [2.75, 3.05) is 18.4 Å². The molecule has 0 radical (unpaired) electrons. The van der Waals surface area contributed by atoms with Gasteiger partial charge in [0.2, 0.25) is 5.91 Å². The van der Waals surface area contributed by atoms with Crippen molar-refractivity contribution in [3.05, 3.63) is 30.1 Å². The number of hydrogen-bond acceptors (Lipinski definition) is 2. The van der Waals surface area contributed by atoms with Crippen LogP contribution in [0.5, 0.6) is 0 Å². The van der Waals surface area contributed by atoms with E-state index in [1.165, 1.54) is 12.1 Å². The molecule has 1 saturated heterocycles. The summed E-state index contributed by atoms with van der Waals surface area (Å²) in [5.74, 6) is -0.188. The highest BCUT2D eigenvalue weighted by Gasteiger charge is 2.68. The lowest BCUT2D eigenvalue weighted by atomic mass is 10.0. The standard InChI is InChI=1S/C16H19Cl2FN2O/c1-15(10-16(15,17)18)14(22)21-8-6-13(7-9-21)20-12-4-2-11(19)3-5-12/h2-5,13,20H,6-10H2,1H3. The van der Waals surface area contributed by atoms with Gasteiger partial charge in [0, 0.05) is 24.8 Å². The molecule has 120 valence electrons. The van der Waals surface area contributed by atoms with Crippen LogP contribution in [0.15, 0.2) is 24.3 Å². The molecule has 6 heteroatoms. The number of piperidine rings is 1. The maximum absolute atomic E-state index is 12.9. The van der Waals surface area contributed by atoms with E-state index in [1.54, 1.807) is 12.1 Å². The molecule has 3 nitrogen and oxygen atoms in total. The molecule has 2 aliphatic rings. The normalized spacial score (nSPS) is 27.5. The van der Waals surface area contributed by atoms with E-state index in [0.29, 0.717) is 25.6 Å². The summed E-state index contributed by atoms with van der Waals surface area (Å²) in [5, 5.41) is 3.38. The fourth-order valence-corrected chi connectivity index (χ4v) is 3.69. The lowest BCUT2D eigenvalue weighted by molar-refractivity contribution is -0.137. The predicted molar refractivity (Wildman–Crippen MR) is 86.8 cm³/mol. The number of nitrogens with zero attached hydrogens (tertiary/aromatic N) is 1. The number of amides is 1. The van der Waals surface area contributed by atoms with E-state index < -0.39 is 9.75 Å². The number of nitrogens with one attached hydrogen (secondary N) is 1. The molecule has 22 heavy (non-hydrogen) atoms. The summed E-state index contributed by atoms with van der Waals surface area (Å²) < 4.78 is 12.0. The Hall–Kier alpha value is -1.00. The van der Waals surface area contributed by atoms with E-state index in [9.17, 15) is 9.18 Å². The number of alkyl halides is 2. The van der Waals surface area contributed by atoms with Crippen molar-refractivity contribution in [3.8, 4) is 0 Å². The van der Waals surface area contributed by atoms with Gasteiger partial charge in [-0.05, 0) is 50.5 Å². The lowest BCUT2D eigenvalue weighted by Crippen LogP contribution is -2.45. The summed E-state index contributed by atoms with van der Waals surface area (Å²) in [6, 6.07) is 6.63. The summed E-state index contributed by atoms with van der Waals surface area (Å²) in [4.78, 5) is 14.4. The van der Waals surface area contributed by atoms with Gasteiger partial charge in [-0.3, -0.25) is 4.79 Å². The van der Waals surface area contributed by atoms with Gasteiger partial charge < -0.3 is 10.2 Å². The first-order valence-electron chi connectivity index (χ1n) is 7.51. The Balaban J connectivity index is 1.52. The van der Waals surface area contributed by atoms with Crippen LogP contribution in [0.4, 0.5) is 10.1 Å². The molecule has 1 heterocycles. The maximum atomic E-state index is 12.9. The molecule has 1 aromatic rings. The summed E-state index contributed by atoms with van der Waals surface area (Å²) in [5.41, 5.74) is 0.272. The van der Waals surface area contributed by atoms with Crippen LogP contribution in [0, 0.1) is 11.2 Å². The number of rotatable bonds is 3. The van der Waals surface area contributed by atoms with Crippen LogP contribution in [0.25, 0.3) is 0 Å². The Labute approximate surface area is 139 Å². The van der Waals surface area contributed by atoms with Crippen LogP contribution in [0.2, 0.25) is 0 Å². The first kappa shape index (κ1) is 15.9. The van der Waals surface area contributed by atoms with E-state index >= 15 is 0 Å². The van der Waals surface area contributed by atoms with Gasteiger partial charge in [0.25, 0.3) is 0 Å². The van der Waals surface area contributed by atoms with Gasteiger partial charge in [0.05, 0.1) is 5.41 Å². The Morgan fingerprint density at radius 1 is 1.27 bits per heavy atom. The quantitative estimate of drug-likeness (QED) is 0.845. The summed E-state index contributed by atoms with van der Waals surface area (Å²) in [6.07, 6.45) is 2.24. The molecule has 1 aromatic carbocycles. The molecule has 1 atom stereocenters. The Kier molecular flexibility index (Phi) is 4.02. The predicted octanol–water partition coefficient (Wildman–Crippen LogP) is 3.81. The van der Waals surface area contributed by atoms with Crippen LogP contribution in [-0.2, 0) is 4.79 Å². The van der Waals surface area contributed by atoms with Crippen LogP contribution >= 0.6 is 23.2 Å². The second kappa shape index (κ2) is 5.57. The average Bonchev–Trinajstić information content (AvgIpc) is 3.01. The molecule has 0 spiro atoms. The van der Waals surface area contributed by atoms with Crippen LogP contribution in [-0.4, -0.2) is 34.3 Å². The topological polar surface area (TPSA) is 32.3 Å². The van der Waals surface area contributed by atoms with E-state index in [2.05, 4.69) is 5.32 Å². The van der Waals surface area contributed by atoms with Gasteiger partial charge in [0.15, 0.2) is 0 Å². The highest BCUT2D eigenvalue weighted by Crippen LogP contribution is 2.64. The van der Waals surface area contributed by atoms with Crippen molar-refractivity contribution in [1.29, 1.82) is 0 Å². The second-order valence-corrected chi connectivity index (χ2v) is 7.91. The molecular formula is C16H19Cl2FN2O. The van der Waals surface area contributed by atoms with Crippen molar-refractivity contribution < 1.29 is 9.18 Å². The zero-order valence-corrected chi connectivity index (χ0v) is 13.9. The van der Waals surface area contributed by atoms with E-state index in [1.807, 2.05) is 11.8 Å². The number of carbonyl (C=O) groups is 1. The van der Waals surface area contributed by atoms with Gasteiger partial charge in [-0.1, -0.05) is 0 Å². The van der Waals surface area contributed by atoms with Gasteiger partial charge in [-0.25, -0.2) is 4.39 Å². The Bertz CT molecular complexity index is 570. The minimum atomic E-state index is -0.909. The van der Waals surface area contributed by atoms with Crippen molar-refractivity contribution in [2.24, 2.45) is 5.41 Å². The Morgan fingerprint density at radius 3 is 2.32 bits per heavy atom. The summed E-state index contributed by atoms with van der Waals surface area (Å²) in [6.45, 7) is 3.21. The molecule has 1 aliphatic heterocycles. The molecule has 3 rings (SSSR count). The monoisotopic (exact) mass is 344 g/mol. The number of benzene rings is 1. The first-order valence-corrected chi connectivity index (χ1v) is 8.27. The van der Waals surface area contributed by atoms with Gasteiger partial charge >= 0.3 is 0 Å². The van der Waals surface area contributed by atoms with E-state index in [4.69, 9.17) is 23.2 Å².